The second-order valence-electron chi connectivity index (χ2n) is 5.75. The Balaban J connectivity index is 1.57. The Bertz CT molecular complexity index is 618. The highest BCUT2D eigenvalue weighted by molar-refractivity contribution is 9.10. The molecule has 0 aliphatic heterocycles. The van der Waals surface area contributed by atoms with E-state index in [0.29, 0.717) is 12.0 Å². The van der Waals surface area contributed by atoms with Crippen LogP contribution in [0.1, 0.15) is 29.9 Å². The lowest BCUT2D eigenvalue weighted by Crippen LogP contribution is -2.33. The van der Waals surface area contributed by atoms with Gasteiger partial charge in [-0.2, -0.15) is 0 Å². The van der Waals surface area contributed by atoms with Crippen LogP contribution >= 0.6 is 15.9 Å². The number of methoxy groups -OCH3 is 1. The van der Waals surface area contributed by atoms with E-state index in [0.717, 1.165) is 10.2 Å². The van der Waals surface area contributed by atoms with Gasteiger partial charge in [0.1, 0.15) is 5.75 Å². The van der Waals surface area contributed by atoms with Crippen molar-refractivity contribution in [2.75, 3.05) is 12.4 Å². The Morgan fingerprint density at radius 1 is 1.10 bits per heavy atom. The summed E-state index contributed by atoms with van der Waals surface area (Å²) in [5, 5.41) is 3.62. The second-order valence-corrected chi connectivity index (χ2v) is 6.66. The first-order chi connectivity index (χ1) is 10.2. The standard InChI is InChI=1S/C18H20BrNO/c1-12-9-16(7-8-18(12)21-2)20-17-10-14(11-17)13-3-5-15(19)6-4-13/h3-9,14,17,20H,10-11H2,1-2H3. The third-order valence-electron chi connectivity index (χ3n) is 4.25. The van der Waals surface area contributed by atoms with Crippen LogP contribution in [0.2, 0.25) is 0 Å². The maximum absolute atomic E-state index is 5.30. The van der Waals surface area contributed by atoms with E-state index in [1.165, 1.54) is 29.7 Å². The summed E-state index contributed by atoms with van der Waals surface area (Å²) >= 11 is 3.49. The van der Waals surface area contributed by atoms with Crippen LogP contribution in [0.3, 0.4) is 0 Å². The summed E-state index contributed by atoms with van der Waals surface area (Å²) in [5.41, 5.74) is 3.81. The Kier molecular flexibility index (Phi) is 4.20. The highest BCUT2D eigenvalue weighted by Gasteiger charge is 2.30. The van der Waals surface area contributed by atoms with Gasteiger partial charge in [-0.05, 0) is 67.1 Å². The van der Waals surface area contributed by atoms with Crippen LogP contribution < -0.4 is 10.1 Å². The molecule has 3 rings (SSSR count). The van der Waals surface area contributed by atoms with Crippen LogP contribution in [-0.2, 0) is 0 Å². The Morgan fingerprint density at radius 3 is 2.43 bits per heavy atom. The number of rotatable bonds is 4. The number of anilines is 1. The number of halogens is 1. The third-order valence-corrected chi connectivity index (χ3v) is 4.77. The van der Waals surface area contributed by atoms with E-state index in [1.807, 2.05) is 6.07 Å². The Labute approximate surface area is 134 Å². The zero-order chi connectivity index (χ0) is 14.8. The number of ether oxygens (including phenoxy) is 1. The molecule has 1 fully saturated rings. The van der Waals surface area contributed by atoms with Gasteiger partial charge < -0.3 is 10.1 Å². The molecule has 0 aromatic heterocycles. The van der Waals surface area contributed by atoms with Crippen molar-refractivity contribution in [3.05, 3.63) is 58.1 Å². The molecule has 0 amide bonds. The molecule has 2 aromatic carbocycles. The lowest BCUT2D eigenvalue weighted by atomic mass is 9.76. The molecule has 2 aromatic rings. The fraction of sp³-hybridized carbons (Fsp3) is 0.333. The van der Waals surface area contributed by atoms with E-state index in [2.05, 4.69) is 64.6 Å². The van der Waals surface area contributed by atoms with Gasteiger partial charge in [-0.3, -0.25) is 0 Å². The number of hydrogen-bond donors (Lipinski definition) is 1. The lowest BCUT2D eigenvalue weighted by Gasteiger charge is -2.37. The van der Waals surface area contributed by atoms with E-state index < -0.39 is 0 Å². The highest BCUT2D eigenvalue weighted by Crippen LogP contribution is 2.39. The summed E-state index contributed by atoms with van der Waals surface area (Å²) in [4.78, 5) is 0. The fourth-order valence-corrected chi connectivity index (χ4v) is 3.21. The normalized spacial score (nSPS) is 20.7. The largest absolute Gasteiger partial charge is 0.496 e. The summed E-state index contributed by atoms with van der Waals surface area (Å²) < 4.78 is 6.45. The summed E-state index contributed by atoms with van der Waals surface area (Å²) in [7, 11) is 1.71. The Hall–Kier alpha value is -1.48. The molecule has 1 aliphatic carbocycles. The average molecular weight is 346 g/mol. The van der Waals surface area contributed by atoms with Crippen LogP contribution in [0.5, 0.6) is 5.75 Å². The van der Waals surface area contributed by atoms with Crippen molar-refractivity contribution in [2.45, 2.75) is 31.7 Å². The molecule has 0 bridgehead atoms. The van der Waals surface area contributed by atoms with Gasteiger partial charge in [-0.15, -0.1) is 0 Å². The van der Waals surface area contributed by atoms with Crippen molar-refractivity contribution in [3.63, 3.8) is 0 Å². The number of aryl methyl sites for hydroxylation is 1. The molecule has 2 nitrogen and oxygen atoms in total. The predicted molar refractivity (Wildman–Crippen MR) is 91.3 cm³/mol. The molecule has 3 heteroatoms. The first kappa shape index (κ1) is 14.5. The van der Waals surface area contributed by atoms with Crippen molar-refractivity contribution in [3.8, 4) is 5.75 Å². The van der Waals surface area contributed by atoms with Crippen molar-refractivity contribution in [1.82, 2.24) is 0 Å². The van der Waals surface area contributed by atoms with Crippen molar-refractivity contribution >= 4 is 21.6 Å². The summed E-state index contributed by atoms with van der Waals surface area (Å²) in [6.45, 7) is 2.08. The minimum Gasteiger partial charge on any atom is -0.496 e. The molecule has 21 heavy (non-hydrogen) atoms. The maximum atomic E-state index is 5.30. The molecule has 1 saturated carbocycles. The van der Waals surface area contributed by atoms with Gasteiger partial charge in [0, 0.05) is 16.2 Å². The topological polar surface area (TPSA) is 21.3 Å². The average Bonchev–Trinajstić information content (AvgIpc) is 2.44. The fourth-order valence-electron chi connectivity index (χ4n) is 2.95. The van der Waals surface area contributed by atoms with Gasteiger partial charge >= 0.3 is 0 Å². The first-order valence-electron chi connectivity index (χ1n) is 7.32. The SMILES string of the molecule is COc1ccc(NC2CC(c3ccc(Br)cc3)C2)cc1C. The van der Waals surface area contributed by atoms with Gasteiger partial charge in [0.15, 0.2) is 0 Å². The highest BCUT2D eigenvalue weighted by atomic mass is 79.9. The van der Waals surface area contributed by atoms with Crippen LogP contribution in [0.15, 0.2) is 46.9 Å². The molecule has 1 N–H and O–H groups in total. The molecule has 0 heterocycles. The molecular weight excluding hydrogens is 326 g/mol. The lowest BCUT2D eigenvalue weighted by molar-refractivity contribution is 0.374. The van der Waals surface area contributed by atoms with Crippen LogP contribution in [0.25, 0.3) is 0 Å². The zero-order valence-electron chi connectivity index (χ0n) is 12.4. The van der Waals surface area contributed by atoms with Crippen molar-refractivity contribution in [1.29, 1.82) is 0 Å². The summed E-state index contributed by atoms with van der Waals surface area (Å²) in [6.07, 6.45) is 2.40. The molecule has 0 spiro atoms. The molecule has 0 saturated heterocycles. The zero-order valence-corrected chi connectivity index (χ0v) is 14.0. The van der Waals surface area contributed by atoms with Crippen LogP contribution in [-0.4, -0.2) is 13.2 Å². The van der Waals surface area contributed by atoms with Crippen molar-refractivity contribution in [2.24, 2.45) is 0 Å². The second kappa shape index (κ2) is 6.10. The minimum atomic E-state index is 0.575. The van der Waals surface area contributed by atoms with E-state index in [-0.39, 0.29) is 0 Å². The summed E-state index contributed by atoms with van der Waals surface area (Å²) in [5.74, 6) is 1.64. The molecule has 0 unspecified atom stereocenters. The van der Waals surface area contributed by atoms with Gasteiger partial charge in [0.2, 0.25) is 0 Å². The van der Waals surface area contributed by atoms with E-state index in [1.54, 1.807) is 7.11 Å². The van der Waals surface area contributed by atoms with Gasteiger partial charge in [0.05, 0.1) is 7.11 Å². The van der Waals surface area contributed by atoms with E-state index in [4.69, 9.17) is 4.74 Å². The Morgan fingerprint density at radius 2 is 1.81 bits per heavy atom. The van der Waals surface area contributed by atoms with Crippen LogP contribution in [0.4, 0.5) is 5.69 Å². The minimum absolute atomic E-state index is 0.575. The van der Waals surface area contributed by atoms with Gasteiger partial charge in [-0.1, -0.05) is 28.1 Å². The summed E-state index contributed by atoms with van der Waals surface area (Å²) in [6, 6.07) is 15.6. The van der Waals surface area contributed by atoms with E-state index >= 15 is 0 Å². The third kappa shape index (κ3) is 3.24. The molecule has 0 atom stereocenters. The maximum Gasteiger partial charge on any atom is 0.121 e. The molecule has 1 aliphatic rings. The molecule has 0 radical (unpaired) electrons. The molecular formula is C18H20BrNO. The quantitative estimate of drug-likeness (QED) is 0.829. The van der Waals surface area contributed by atoms with Gasteiger partial charge in [-0.25, -0.2) is 0 Å². The smallest absolute Gasteiger partial charge is 0.121 e. The predicted octanol–water partition coefficient (Wildman–Crippen LogP) is 5.12. The van der Waals surface area contributed by atoms with Crippen molar-refractivity contribution < 1.29 is 4.74 Å². The monoisotopic (exact) mass is 345 g/mol. The van der Waals surface area contributed by atoms with Gasteiger partial charge in [0.25, 0.3) is 0 Å². The number of nitrogens with one attached hydrogen (secondary N) is 1. The molecule has 110 valence electrons. The van der Waals surface area contributed by atoms with Crippen LogP contribution in [0, 0.1) is 6.92 Å². The number of hydrogen-bond acceptors (Lipinski definition) is 2. The number of benzene rings is 2. The van der Waals surface area contributed by atoms with E-state index in [9.17, 15) is 0 Å². The first-order valence-corrected chi connectivity index (χ1v) is 8.11.